The number of aromatic nitrogens is 3. The molecule has 0 spiro atoms. The molecule has 0 saturated heterocycles. The number of hydrogen-bond acceptors (Lipinski definition) is 5. The van der Waals surface area contributed by atoms with Crippen LogP contribution >= 0.6 is 23.7 Å². The summed E-state index contributed by atoms with van der Waals surface area (Å²) in [5.41, 5.74) is 6.14. The first-order valence-electron chi connectivity index (χ1n) is 6.97. The number of halogens is 3. The SMILES string of the molecule is CC(C)[C@H](N)c1nc2cc(-c3cc(F)ncc3F)sc2c(=O)[nH]1.Cl. The fourth-order valence-electron chi connectivity index (χ4n) is 2.17. The highest BCUT2D eigenvalue weighted by atomic mass is 35.5. The second-order valence-corrected chi connectivity index (χ2v) is 6.59. The molecule has 0 aliphatic heterocycles. The summed E-state index contributed by atoms with van der Waals surface area (Å²) in [4.78, 5) is 22.9. The van der Waals surface area contributed by atoms with Crippen LogP contribution in [0.1, 0.15) is 25.7 Å². The van der Waals surface area contributed by atoms with E-state index >= 15 is 0 Å². The summed E-state index contributed by atoms with van der Waals surface area (Å²) in [5, 5.41) is 0. The number of thiophene rings is 1. The van der Waals surface area contributed by atoms with Crippen LogP contribution in [0.15, 0.2) is 23.1 Å². The summed E-state index contributed by atoms with van der Waals surface area (Å²) in [6, 6.07) is 2.14. The van der Waals surface area contributed by atoms with Gasteiger partial charge in [-0.3, -0.25) is 4.79 Å². The smallest absolute Gasteiger partial charge is 0.268 e. The predicted octanol–water partition coefficient (Wildman–Crippen LogP) is 3.40. The van der Waals surface area contributed by atoms with Crippen molar-refractivity contribution in [2.75, 3.05) is 0 Å². The van der Waals surface area contributed by atoms with Crippen molar-refractivity contribution in [1.82, 2.24) is 15.0 Å². The second-order valence-electron chi connectivity index (χ2n) is 5.53. The maximum atomic E-state index is 13.8. The van der Waals surface area contributed by atoms with Crippen molar-refractivity contribution < 1.29 is 8.78 Å². The van der Waals surface area contributed by atoms with Gasteiger partial charge >= 0.3 is 0 Å². The van der Waals surface area contributed by atoms with Crippen LogP contribution in [0.25, 0.3) is 20.7 Å². The first kappa shape index (κ1) is 18.4. The van der Waals surface area contributed by atoms with Gasteiger partial charge in [-0.25, -0.2) is 14.4 Å². The van der Waals surface area contributed by atoms with Crippen molar-refractivity contribution >= 4 is 34.0 Å². The van der Waals surface area contributed by atoms with Crippen molar-refractivity contribution in [3.8, 4) is 10.4 Å². The highest BCUT2D eigenvalue weighted by molar-refractivity contribution is 7.22. The quantitative estimate of drug-likeness (QED) is 0.690. The van der Waals surface area contributed by atoms with E-state index in [9.17, 15) is 13.6 Å². The molecule has 0 bridgehead atoms. The van der Waals surface area contributed by atoms with Gasteiger partial charge in [0.2, 0.25) is 5.95 Å². The van der Waals surface area contributed by atoms with Crippen LogP contribution in [-0.2, 0) is 0 Å². The third-order valence-corrected chi connectivity index (χ3v) is 4.68. The van der Waals surface area contributed by atoms with Crippen molar-refractivity contribution in [2.45, 2.75) is 19.9 Å². The Morgan fingerprint density at radius 2 is 2.00 bits per heavy atom. The minimum absolute atomic E-state index is 0. The normalized spacial score (nSPS) is 12.4. The number of rotatable bonds is 3. The molecule has 0 fully saturated rings. The lowest BCUT2D eigenvalue weighted by atomic mass is 10.1. The fourth-order valence-corrected chi connectivity index (χ4v) is 3.18. The zero-order valence-corrected chi connectivity index (χ0v) is 14.5. The van der Waals surface area contributed by atoms with Gasteiger partial charge in [-0.15, -0.1) is 23.7 Å². The van der Waals surface area contributed by atoms with Crippen molar-refractivity contribution in [2.24, 2.45) is 11.7 Å². The summed E-state index contributed by atoms with van der Waals surface area (Å²) in [6.45, 7) is 3.84. The molecule has 3 rings (SSSR count). The molecule has 128 valence electrons. The van der Waals surface area contributed by atoms with Gasteiger partial charge in [0.25, 0.3) is 5.56 Å². The molecule has 0 saturated carbocycles. The standard InChI is InChI=1S/C15H14F2N4OS.ClH/c1-6(2)12(18)14-20-9-4-10(23-13(9)15(22)21-14)7-3-11(17)19-5-8(7)16;/h3-6,12H,18H2,1-2H3,(H,20,21,22);1H/t12-;/m0./s1. The number of H-pyrrole nitrogens is 1. The molecule has 0 unspecified atom stereocenters. The lowest BCUT2D eigenvalue weighted by molar-refractivity contribution is 0.491. The third kappa shape index (κ3) is 3.31. The molecule has 24 heavy (non-hydrogen) atoms. The summed E-state index contributed by atoms with van der Waals surface area (Å²) >= 11 is 1.05. The van der Waals surface area contributed by atoms with Crippen LogP contribution in [-0.4, -0.2) is 15.0 Å². The molecule has 3 N–H and O–H groups in total. The lowest BCUT2D eigenvalue weighted by Gasteiger charge is -2.13. The minimum atomic E-state index is -0.789. The number of aromatic amines is 1. The Kier molecular flexibility index (Phi) is 5.32. The van der Waals surface area contributed by atoms with E-state index in [0.717, 1.165) is 23.6 Å². The van der Waals surface area contributed by atoms with Crippen molar-refractivity contribution in [3.05, 3.63) is 46.3 Å². The summed E-state index contributed by atoms with van der Waals surface area (Å²) in [7, 11) is 0. The van der Waals surface area contributed by atoms with Gasteiger partial charge in [-0.2, -0.15) is 4.39 Å². The molecule has 0 aromatic carbocycles. The highest BCUT2D eigenvalue weighted by Gasteiger charge is 2.18. The van der Waals surface area contributed by atoms with E-state index in [0.29, 0.717) is 20.9 Å². The maximum Gasteiger partial charge on any atom is 0.268 e. The zero-order valence-electron chi connectivity index (χ0n) is 12.8. The van der Waals surface area contributed by atoms with E-state index in [1.54, 1.807) is 6.07 Å². The lowest BCUT2D eigenvalue weighted by Crippen LogP contribution is -2.23. The molecule has 3 heterocycles. The Bertz CT molecular complexity index is 941. The van der Waals surface area contributed by atoms with Gasteiger partial charge in [0.05, 0.1) is 17.8 Å². The Morgan fingerprint density at radius 1 is 1.29 bits per heavy atom. The van der Waals surface area contributed by atoms with E-state index in [4.69, 9.17) is 5.73 Å². The largest absolute Gasteiger partial charge is 0.321 e. The highest BCUT2D eigenvalue weighted by Crippen LogP contribution is 2.33. The van der Waals surface area contributed by atoms with E-state index < -0.39 is 17.8 Å². The molecule has 5 nitrogen and oxygen atoms in total. The molecule has 0 aliphatic rings. The maximum absolute atomic E-state index is 13.8. The second kappa shape index (κ2) is 6.92. The monoisotopic (exact) mass is 372 g/mol. The molecule has 1 atom stereocenters. The average Bonchev–Trinajstić information content (AvgIpc) is 2.93. The Hall–Kier alpha value is -1.90. The Balaban J connectivity index is 0.00000208. The zero-order chi connectivity index (χ0) is 16.7. The molecule has 0 radical (unpaired) electrons. The number of hydrogen-bond donors (Lipinski definition) is 2. The van der Waals surface area contributed by atoms with Gasteiger partial charge in [0, 0.05) is 16.5 Å². The van der Waals surface area contributed by atoms with Crippen LogP contribution in [0, 0.1) is 17.7 Å². The van der Waals surface area contributed by atoms with E-state index in [1.807, 2.05) is 13.8 Å². The Morgan fingerprint density at radius 3 is 2.67 bits per heavy atom. The van der Waals surface area contributed by atoms with Gasteiger partial charge in [0.1, 0.15) is 16.3 Å². The predicted molar refractivity (Wildman–Crippen MR) is 92.4 cm³/mol. The van der Waals surface area contributed by atoms with Crippen LogP contribution in [0.4, 0.5) is 8.78 Å². The number of nitrogens with zero attached hydrogens (tertiary/aromatic N) is 2. The molecule has 9 heteroatoms. The fraction of sp³-hybridized carbons (Fsp3) is 0.267. The summed E-state index contributed by atoms with van der Waals surface area (Å²) < 4.78 is 27.4. The molecular weight excluding hydrogens is 358 g/mol. The number of fused-ring (bicyclic) bond motifs is 1. The van der Waals surface area contributed by atoms with Gasteiger partial charge < -0.3 is 10.7 Å². The molecule has 3 aromatic rings. The van der Waals surface area contributed by atoms with Crippen LogP contribution in [0.3, 0.4) is 0 Å². The topological polar surface area (TPSA) is 84.7 Å². The Labute approximate surface area is 146 Å². The third-order valence-electron chi connectivity index (χ3n) is 3.52. The summed E-state index contributed by atoms with van der Waals surface area (Å²) in [6.07, 6.45) is 0.812. The van der Waals surface area contributed by atoms with Crippen LogP contribution in [0.2, 0.25) is 0 Å². The number of nitrogens with one attached hydrogen (secondary N) is 1. The number of pyridine rings is 1. The molecule has 0 amide bonds. The van der Waals surface area contributed by atoms with Gasteiger partial charge in [-0.05, 0) is 12.0 Å². The first-order valence-corrected chi connectivity index (χ1v) is 7.79. The molecule has 3 aromatic heterocycles. The van der Waals surface area contributed by atoms with E-state index in [-0.39, 0.29) is 29.4 Å². The number of nitrogens with two attached hydrogens (primary N) is 1. The minimum Gasteiger partial charge on any atom is -0.321 e. The average molecular weight is 373 g/mol. The summed E-state index contributed by atoms with van der Waals surface area (Å²) in [5.74, 6) is -0.972. The van der Waals surface area contributed by atoms with E-state index in [2.05, 4.69) is 15.0 Å². The van der Waals surface area contributed by atoms with Crippen molar-refractivity contribution in [3.63, 3.8) is 0 Å². The van der Waals surface area contributed by atoms with Gasteiger partial charge in [-0.1, -0.05) is 13.8 Å². The van der Waals surface area contributed by atoms with Crippen molar-refractivity contribution in [1.29, 1.82) is 0 Å². The molecule has 0 aliphatic carbocycles. The van der Waals surface area contributed by atoms with Crippen LogP contribution < -0.4 is 11.3 Å². The van der Waals surface area contributed by atoms with E-state index in [1.165, 1.54) is 0 Å². The molecular formula is C15H15ClF2N4OS. The first-order chi connectivity index (χ1) is 10.9. The van der Waals surface area contributed by atoms with Crippen LogP contribution in [0.5, 0.6) is 0 Å². The van der Waals surface area contributed by atoms with Gasteiger partial charge in [0.15, 0.2) is 0 Å².